The third-order valence-electron chi connectivity index (χ3n) is 2.98. The first-order valence-corrected chi connectivity index (χ1v) is 7.91. The number of methoxy groups -OCH3 is 1. The van der Waals surface area contributed by atoms with Crippen LogP contribution in [0.4, 0.5) is 5.69 Å². The summed E-state index contributed by atoms with van der Waals surface area (Å²) in [6, 6.07) is 11.5. The first-order chi connectivity index (χ1) is 12.0. The highest BCUT2D eigenvalue weighted by molar-refractivity contribution is 6.32. The molecule has 132 valence electrons. The smallest absolute Gasteiger partial charge is 0.344 e. The van der Waals surface area contributed by atoms with E-state index in [-0.39, 0.29) is 6.61 Å². The fourth-order valence-corrected chi connectivity index (χ4v) is 2.21. The first-order valence-electron chi connectivity index (χ1n) is 7.16. The Kier molecular flexibility index (Phi) is 6.91. The largest absolute Gasteiger partial charge is 0.495 e. The van der Waals surface area contributed by atoms with Crippen LogP contribution in [0.1, 0.15) is 0 Å². The summed E-state index contributed by atoms with van der Waals surface area (Å²) >= 11 is 11.8. The summed E-state index contributed by atoms with van der Waals surface area (Å²) in [5.41, 5.74) is 0.378. The molecule has 6 nitrogen and oxygen atoms in total. The van der Waals surface area contributed by atoms with E-state index >= 15 is 0 Å². The van der Waals surface area contributed by atoms with E-state index in [9.17, 15) is 9.59 Å². The number of carbonyl (C=O) groups excluding carboxylic acids is 2. The Morgan fingerprint density at radius 3 is 2.52 bits per heavy atom. The number of para-hydroxylation sites is 1. The molecule has 1 amide bonds. The molecule has 0 radical (unpaired) electrons. The molecular formula is C17H15Cl2NO5. The first kappa shape index (κ1) is 18.9. The summed E-state index contributed by atoms with van der Waals surface area (Å²) < 4.78 is 15.2. The van der Waals surface area contributed by atoms with Crippen molar-refractivity contribution in [3.8, 4) is 11.5 Å². The number of carbonyl (C=O) groups is 2. The van der Waals surface area contributed by atoms with E-state index in [0.717, 1.165) is 0 Å². The van der Waals surface area contributed by atoms with Crippen LogP contribution in [-0.4, -0.2) is 32.2 Å². The van der Waals surface area contributed by atoms with Gasteiger partial charge in [-0.1, -0.05) is 35.3 Å². The van der Waals surface area contributed by atoms with Gasteiger partial charge in [-0.25, -0.2) is 4.79 Å². The molecule has 2 aromatic rings. The molecule has 0 aliphatic heterocycles. The molecule has 8 heteroatoms. The minimum Gasteiger partial charge on any atom is -0.495 e. The van der Waals surface area contributed by atoms with Crippen molar-refractivity contribution in [3.63, 3.8) is 0 Å². The second kappa shape index (κ2) is 9.15. The van der Waals surface area contributed by atoms with Crippen LogP contribution in [-0.2, 0) is 14.3 Å². The fourth-order valence-electron chi connectivity index (χ4n) is 1.85. The van der Waals surface area contributed by atoms with Crippen LogP contribution < -0.4 is 14.8 Å². The zero-order chi connectivity index (χ0) is 18.2. The number of benzene rings is 2. The lowest BCUT2D eigenvalue weighted by Gasteiger charge is -2.11. The van der Waals surface area contributed by atoms with E-state index in [1.807, 2.05) is 0 Å². The fraction of sp³-hybridized carbons (Fsp3) is 0.176. The minimum atomic E-state index is -0.701. The molecule has 0 unspecified atom stereocenters. The van der Waals surface area contributed by atoms with Gasteiger partial charge >= 0.3 is 5.97 Å². The van der Waals surface area contributed by atoms with Crippen LogP contribution in [0.2, 0.25) is 10.0 Å². The lowest BCUT2D eigenvalue weighted by Crippen LogP contribution is -2.23. The second-order valence-corrected chi connectivity index (χ2v) is 5.62. The predicted molar refractivity (Wildman–Crippen MR) is 94.5 cm³/mol. The van der Waals surface area contributed by atoms with Gasteiger partial charge in [-0.15, -0.1) is 0 Å². The van der Waals surface area contributed by atoms with Gasteiger partial charge in [-0.05, 0) is 30.3 Å². The predicted octanol–water partition coefficient (Wildman–Crippen LogP) is 3.56. The van der Waals surface area contributed by atoms with Gasteiger partial charge in [0, 0.05) is 5.02 Å². The average molecular weight is 384 g/mol. The molecule has 0 aromatic heterocycles. The van der Waals surface area contributed by atoms with Crippen molar-refractivity contribution in [2.24, 2.45) is 0 Å². The molecular weight excluding hydrogens is 369 g/mol. The van der Waals surface area contributed by atoms with Gasteiger partial charge in [0.1, 0.15) is 11.5 Å². The number of nitrogens with one attached hydrogen (secondary N) is 1. The van der Waals surface area contributed by atoms with Crippen molar-refractivity contribution < 1.29 is 23.8 Å². The number of rotatable bonds is 7. The van der Waals surface area contributed by atoms with Crippen LogP contribution in [0.3, 0.4) is 0 Å². The summed E-state index contributed by atoms with van der Waals surface area (Å²) in [7, 11) is 1.46. The molecule has 0 saturated carbocycles. The number of amides is 1. The lowest BCUT2D eigenvalue weighted by atomic mass is 10.3. The molecule has 0 spiro atoms. The number of esters is 1. The van der Waals surface area contributed by atoms with Gasteiger partial charge in [0.05, 0.1) is 17.8 Å². The topological polar surface area (TPSA) is 73.9 Å². The Bertz CT molecular complexity index is 766. The number of hydrogen-bond donors (Lipinski definition) is 1. The van der Waals surface area contributed by atoms with Crippen molar-refractivity contribution in [1.82, 2.24) is 0 Å². The maximum atomic E-state index is 11.9. The van der Waals surface area contributed by atoms with Crippen molar-refractivity contribution >= 4 is 40.8 Å². The van der Waals surface area contributed by atoms with E-state index in [0.29, 0.717) is 27.2 Å². The van der Waals surface area contributed by atoms with E-state index in [1.54, 1.807) is 36.4 Å². The molecule has 0 heterocycles. The van der Waals surface area contributed by atoms with Gasteiger partial charge in [0.25, 0.3) is 5.91 Å². The molecule has 2 rings (SSSR count). The number of anilines is 1. The molecule has 0 aliphatic rings. The Hall–Kier alpha value is -2.44. The average Bonchev–Trinajstić information content (AvgIpc) is 2.59. The third kappa shape index (κ3) is 5.85. The standard InChI is InChI=1S/C17H15Cl2NO5/c1-23-15-7-6-11(18)8-13(15)20-16(21)9-25-17(22)10-24-14-5-3-2-4-12(14)19/h2-8H,9-10H2,1H3,(H,20,21). The van der Waals surface area contributed by atoms with Crippen molar-refractivity contribution in [2.45, 2.75) is 0 Å². The van der Waals surface area contributed by atoms with Gasteiger partial charge < -0.3 is 19.5 Å². The summed E-state index contributed by atoms with van der Waals surface area (Å²) in [6.07, 6.45) is 0. The lowest BCUT2D eigenvalue weighted by molar-refractivity contribution is -0.149. The Labute approximate surface area is 154 Å². The molecule has 0 fully saturated rings. The molecule has 25 heavy (non-hydrogen) atoms. The van der Waals surface area contributed by atoms with Gasteiger partial charge in [-0.2, -0.15) is 0 Å². The monoisotopic (exact) mass is 383 g/mol. The van der Waals surface area contributed by atoms with Crippen molar-refractivity contribution in [2.75, 3.05) is 25.6 Å². The van der Waals surface area contributed by atoms with Crippen molar-refractivity contribution in [1.29, 1.82) is 0 Å². The van der Waals surface area contributed by atoms with Crippen LogP contribution in [0.15, 0.2) is 42.5 Å². The number of halogens is 2. The molecule has 0 bridgehead atoms. The van der Waals surface area contributed by atoms with E-state index in [1.165, 1.54) is 13.2 Å². The Morgan fingerprint density at radius 1 is 1.04 bits per heavy atom. The Balaban J connectivity index is 1.81. The molecule has 1 N–H and O–H groups in total. The molecule has 0 aliphatic carbocycles. The molecule has 0 atom stereocenters. The van der Waals surface area contributed by atoms with Gasteiger partial charge in [0.15, 0.2) is 13.2 Å². The SMILES string of the molecule is COc1ccc(Cl)cc1NC(=O)COC(=O)COc1ccccc1Cl. The summed E-state index contributed by atoms with van der Waals surface area (Å²) in [5, 5.41) is 3.36. The van der Waals surface area contributed by atoms with Gasteiger partial charge in [-0.3, -0.25) is 4.79 Å². The second-order valence-electron chi connectivity index (χ2n) is 4.77. The zero-order valence-electron chi connectivity index (χ0n) is 13.3. The molecule has 0 saturated heterocycles. The van der Waals surface area contributed by atoms with Crippen LogP contribution in [0.25, 0.3) is 0 Å². The van der Waals surface area contributed by atoms with Crippen LogP contribution in [0, 0.1) is 0 Å². The summed E-state index contributed by atoms with van der Waals surface area (Å²) in [5.74, 6) is -0.444. The Morgan fingerprint density at radius 2 is 1.80 bits per heavy atom. The van der Waals surface area contributed by atoms with Gasteiger partial charge in [0.2, 0.25) is 0 Å². The summed E-state index contributed by atoms with van der Waals surface area (Å²) in [4.78, 5) is 23.5. The van der Waals surface area contributed by atoms with Crippen molar-refractivity contribution in [3.05, 3.63) is 52.5 Å². The quantitative estimate of drug-likeness (QED) is 0.739. The van der Waals surface area contributed by atoms with Crippen LogP contribution in [0.5, 0.6) is 11.5 Å². The maximum absolute atomic E-state index is 11.9. The normalized spacial score (nSPS) is 10.0. The van der Waals surface area contributed by atoms with Crippen LogP contribution >= 0.6 is 23.2 Å². The maximum Gasteiger partial charge on any atom is 0.344 e. The summed E-state index contributed by atoms with van der Waals surface area (Å²) in [6.45, 7) is -0.835. The number of ether oxygens (including phenoxy) is 3. The number of hydrogen-bond acceptors (Lipinski definition) is 5. The zero-order valence-corrected chi connectivity index (χ0v) is 14.8. The van der Waals surface area contributed by atoms with E-state index in [4.69, 9.17) is 37.4 Å². The highest BCUT2D eigenvalue weighted by Gasteiger charge is 2.12. The minimum absolute atomic E-state index is 0.356. The third-order valence-corrected chi connectivity index (χ3v) is 3.53. The highest BCUT2D eigenvalue weighted by atomic mass is 35.5. The highest BCUT2D eigenvalue weighted by Crippen LogP contribution is 2.27. The van der Waals surface area contributed by atoms with E-state index < -0.39 is 18.5 Å². The van der Waals surface area contributed by atoms with E-state index in [2.05, 4.69) is 5.32 Å². The molecule has 2 aromatic carbocycles.